The number of rotatable bonds is 7. The first-order valence-corrected chi connectivity index (χ1v) is 10.1. The van der Waals surface area contributed by atoms with Crippen molar-refractivity contribution in [1.29, 1.82) is 5.26 Å². The number of nitriles is 1. The second-order valence-electron chi connectivity index (χ2n) is 7.68. The van der Waals surface area contributed by atoms with E-state index in [0.717, 1.165) is 25.8 Å². The van der Waals surface area contributed by atoms with Gasteiger partial charge in [-0.25, -0.2) is 0 Å². The van der Waals surface area contributed by atoms with E-state index in [1.54, 1.807) is 12.1 Å². The third-order valence-corrected chi connectivity index (χ3v) is 5.46. The van der Waals surface area contributed by atoms with Crippen molar-refractivity contribution in [1.82, 2.24) is 4.90 Å². The molecule has 1 heterocycles. The molecule has 0 bridgehead atoms. The molecule has 0 N–H and O–H groups in total. The molecule has 28 heavy (non-hydrogen) atoms. The lowest BCUT2D eigenvalue weighted by atomic mass is 9.96. The van der Waals surface area contributed by atoms with E-state index < -0.39 is 0 Å². The molecule has 0 spiro atoms. The van der Waals surface area contributed by atoms with E-state index in [-0.39, 0.29) is 5.91 Å². The molecule has 2 atom stereocenters. The lowest BCUT2D eigenvalue weighted by molar-refractivity contribution is -0.131. The van der Waals surface area contributed by atoms with Crippen LogP contribution in [-0.4, -0.2) is 30.0 Å². The number of hydrogen-bond donors (Lipinski definition) is 0. The number of carbonyl (C=O) groups is 1. The Hall–Kier alpha value is -2.80. The Kier molecular flexibility index (Phi) is 6.71. The Labute approximate surface area is 167 Å². The summed E-state index contributed by atoms with van der Waals surface area (Å²) < 4.78 is 5.69. The zero-order valence-electron chi connectivity index (χ0n) is 16.7. The highest BCUT2D eigenvalue weighted by Crippen LogP contribution is 2.32. The van der Waals surface area contributed by atoms with Crippen LogP contribution in [0.15, 0.2) is 48.5 Å². The Morgan fingerprint density at radius 1 is 1.21 bits per heavy atom. The molecule has 2 aromatic rings. The van der Waals surface area contributed by atoms with Crippen molar-refractivity contribution < 1.29 is 9.53 Å². The first-order valence-electron chi connectivity index (χ1n) is 10.1. The quantitative estimate of drug-likeness (QED) is 0.651. The summed E-state index contributed by atoms with van der Waals surface area (Å²) in [6.45, 7) is 5.63. The number of nitrogens with zero attached hydrogens (tertiary/aromatic N) is 2. The van der Waals surface area contributed by atoms with Gasteiger partial charge in [0.05, 0.1) is 18.2 Å². The summed E-state index contributed by atoms with van der Waals surface area (Å²) in [7, 11) is 0. The number of likely N-dealkylation sites (tertiary alicyclic amines) is 1. The molecule has 4 nitrogen and oxygen atoms in total. The zero-order valence-corrected chi connectivity index (χ0v) is 16.7. The van der Waals surface area contributed by atoms with Crippen LogP contribution < -0.4 is 4.74 Å². The largest absolute Gasteiger partial charge is 0.494 e. The molecule has 0 aliphatic carbocycles. The fourth-order valence-corrected chi connectivity index (χ4v) is 3.83. The first-order chi connectivity index (χ1) is 13.6. The van der Waals surface area contributed by atoms with Crippen LogP contribution in [0, 0.1) is 18.3 Å². The summed E-state index contributed by atoms with van der Waals surface area (Å²) in [4.78, 5) is 14.7. The Morgan fingerprint density at radius 3 is 2.75 bits per heavy atom. The number of aryl methyl sites for hydroxylation is 1. The third-order valence-electron chi connectivity index (χ3n) is 5.46. The van der Waals surface area contributed by atoms with Crippen LogP contribution in [-0.2, 0) is 4.79 Å². The van der Waals surface area contributed by atoms with Crippen LogP contribution in [0.25, 0.3) is 0 Å². The minimum absolute atomic E-state index is 0.244. The van der Waals surface area contributed by atoms with Gasteiger partial charge in [0.1, 0.15) is 5.75 Å². The molecule has 0 saturated carbocycles. The predicted molar refractivity (Wildman–Crippen MR) is 110 cm³/mol. The number of unbranched alkanes of at least 4 members (excludes halogenated alkanes) is 1. The molecular formula is C24H28N2O2. The second kappa shape index (κ2) is 9.41. The standard InChI is InChI=1S/C24H28N2O2/c1-18-9-11-21(12-10-18)22-14-19(2)26(17-22)24(27)8-3-4-13-28-23-7-5-6-20(15-23)16-25/h5-7,9-12,15,19,22H,3-4,8,13-14,17H2,1-2H3/t19-,22+/m1/s1. The van der Waals surface area contributed by atoms with Gasteiger partial charge in [-0.1, -0.05) is 35.9 Å². The molecule has 4 heteroatoms. The molecule has 0 radical (unpaired) electrons. The molecule has 0 aromatic heterocycles. The van der Waals surface area contributed by atoms with Gasteiger partial charge in [0.15, 0.2) is 0 Å². The van der Waals surface area contributed by atoms with E-state index >= 15 is 0 Å². The van der Waals surface area contributed by atoms with Gasteiger partial charge < -0.3 is 9.64 Å². The third kappa shape index (κ3) is 5.13. The van der Waals surface area contributed by atoms with E-state index in [1.165, 1.54) is 11.1 Å². The van der Waals surface area contributed by atoms with Gasteiger partial charge in [0.25, 0.3) is 0 Å². The van der Waals surface area contributed by atoms with E-state index in [0.29, 0.717) is 36.3 Å². The fourth-order valence-electron chi connectivity index (χ4n) is 3.83. The molecule has 1 amide bonds. The normalized spacial score (nSPS) is 18.7. The summed E-state index contributed by atoms with van der Waals surface area (Å²) in [5, 5.41) is 8.91. The van der Waals surface area contributed by atoms with Gasteiger partial charge in [-0.15, -0.1) is 0 Å². The second-order valence-corrected chi connectivity index (χ2v) is 7.68. The van der Waals surface area contributed by atoms with Gasteiger partial charge in [-0.3, -0.25) is 4.79 Å². The lowest BCUT2D eigenvalue weighted by Gasteiger charge is -2.21. The number of hydrogen-bond acceptors (Lipinski definition) is 3. The minimum Gasteiger partial charge on any atom is -0.494 e. The number of benzene rings is 2. The van der Waals surface area contributed by atoms with Crippen LogP contribution in [0.1, 0.15) is 55.2 Å². The molecule has 146 valence electrons. The van der Waals surface area contributed by atoms with Crippen molar-refractivity contribution in [2.75, 3.05) is 13.2 Å². The summed E-state index contributed by atoms with van der Waals surface area (Å²) in [5.41, 5.74) is 3.20. The van der Waals surface area contributed by atoms with Gasteiger partial charge >= 0.3 is 0 Å². The highest BCUT2D eigenvalue weighted by Gasteiger charge is 2.32. The fraction of sp³-hybridized carbons (Fsp3) is 0.417. The van der Waals surface area contributed by atoms with Gasteiger partial charge in [0.2, 0.25) is 5.91 Å². The van der Waals surface area contributed by atoms with Crippen LogP contribution >= 0.6 is 0 Å². The van der Waals surface area contributed by atoms with Crippen molar-refractivity contribution in [2.45, 2.75) is 51.5 Å². The maximum Gasteiger partial charge on any atom is 0.222 e. The summed E-state index contributed by atoms with van der Waals surface area (Å²) >= 11 is 0. The molecule has 2 aromatic carbocycles. The Balaban J connectivity index is 1.41. The Bertz CT molecular complexity index is 838. The smallest absolute Gasteiger partial charge is 0.222 e. The van der Waals surface area contributed by atoms with E-state index in [4.69, 9.17) is 10.00 Å². The van der Waals surface area contributed by atoms with Crippen molar-refractivity contribution in [3.63, 3.8) is 0 Å². The van der Waals surface area contributed by atoms with E-state index in [2.05, 4.69) is 44.2 Å². The van der Waals surface area contributed by atoms with Crippen LogP contribution in [0.3, 0.4) is 0 Å². The highest BCUT2D eigenvalue weighted by atomic mass is 16.5. The topological polar surface area (TPSA) is 53.3 Å². The van der Waals surface area contributed by atoms with Gasteiger partial charge in [-0.2, -0.15) is 5.26 Å². The SMILES string of the molecule is Cc1ccc([C@H]2C[C@@H](C)N(C(=O)CCCCOc3cccc(C#N)c3)C2)cc1. The van der Waals surface area contributed by atoms with Gasteiger partial charge in [-0.05, 0) is 56.9 Å². The summed E-state index contributed by atoms with van der Waals surface area (Å²) in [6.07, 6.45) is 3.24. The summed E-state index contributed by atoms with van der Waals surface area (Å²) in [5.74, 6) is 1.39. The van der Waals surface area contributed by atoms with Gasteiger partial charge in [0, 0.05) is 24.9 Å². The van der Waals surface area contributed by atoms with Crippen molar-refractivity contribution >= 4 is 5.91 Å². The average molecular weight is 377 g/mol. The maximum atomic E-state index is 12.7. The molecule has 1 fully saturated rings. The van der Waals surface area contributed by atoms with Crippen LogP contribution in [0.4, 0.5) is 0 Å². The Morgan fingerprint density at radius 2 is 2.00 bits per heavy atom. The number of carbonyl (C=O) groups excluding carboxylic acids is 1. The van der Waals surface area contributed by atoms with Crippen LogP contribution in [0.5, 0.6) is 5.75 Å². The molecular weight excluding hydrogens is 348 g/mol. The zero-order chi connectivity index (χ0) is 19.9. The minimum atomic E-state index is 0.244. The lowest BCUT2D eigenvalue weighted by Crippen LogP contribution is -2.33. The van der Waals surface area contributed by atoms with Crippen molar-refractivity contribution in [3.8, 4) is 11.8 Å². The number of ether oxygens (including phenoxy) is 1. The van der Waals surface area contributed by atoms with Crippen LogP contribution in [0.2, 0.25) is 0 Å². The first kappa shape index (κ1) is 19.9. The molecule has 1 aliphatic rings. The molecule has 1 saturated heterocycles. The molecule has 1 aliphatic heterocycles. The molecule has 0 unspecified atom stereocenters. The van der Waals surface area contributed by atoms with Crippen molar-refractivity contribution in [3.05, 3.63) is 65.2 Å². The monoisotopic (exact) mass is 376 g/mol. The maximum absolute atomic E-state index is 12.7. The van der Waals surface area contributed by atoms with E-state index in [9.17, 15) is 4.79 Å². The highest BCUT2D eigenvalue weighted by molar-refractivity contribution is 5.77. The average Bonchev–Trinajstić information content (AvgIpc) is 3.10. The summed E-state index contributed by atoms with van der Waals surface area (Å²) in [6, 6.07) is 18.3. The predicted octanol–water partition coefficient (Wildman–Crippen LogP) is 4.82. The molecule has 3 rings (SSSR count). The van der Waals surface area contributed by atoms with Crippen molar-refractivity contribution in [2.24, 2.45) is 0 Å². The van der Waals surface area contributed by atoms with E-state index in [1.807, 2.05) is 17.0 Å². The number of amides is 1.